The lowest BCUT2D eigenvalue weighted by molar-refractivity contribution is 0.182. The average Bonchev–Trinajstić information content (AvgIpc) is 2.37. The highest BCUT2D eigenvalue weighted by Crippen LogP contribution is 2.39. The first kappa shape index (κ1) is 12.9. The molecule has 0 saturated carbocycles. The SMILES string of the molecule is CCC(C)(C)C1CCc2[nH]c(=O)c(C#N)cc2C1. The third-order valence-electron chi connectivity index (χ3n) is 4.56. The van der Waals surface area contributed by atoms with Crippen molar-refractivity contribution in [1.29, 1.82) is 5.26 Å². The highest BCUT2D eigenvalue weighted by atomic mass is 16.1. The fraction of sp³-hybridized carbons (Fsp3) is 0.600. The van der Waals surface area contributed by atoms with Crippen molar-refractivity contribution in [3.63, 3.8) is 0 Å². The topological polar surface area (TPSA) is 56.6 Å². The van der Waals surface area contributed by atoms with Gasteiger partial charge < -0.3 is 4.98 Å². The number of nitriles is 1. The molecule has 2 rings (SSSR count). The smallest absolute Gasteiger partial charge is 0.266 e. The molecule has 0 aliphatic heterocycles. The van der Waals surface area contributed by atoms with Crippen LogP contribution < -0.4 is 5.56 Å². The standard InChI is InChI=1S/C15H20N2O/c1-4-15(2,3)12-5-6-13-10(8-12)7-11(9-16)14(18)17-13/h7,12H,4-6,8H2,1-3H3,(H,17,18). The summed E-state index contributed by atoms with van der Waals surface area (Å²) >= 11 is 0. The molecule has 0 fully saturated rings. The molecule has 0 spiro atoms. The summed E-state index contributed by atoms with van der Waals surface area (Å²) in [6, 6.07) is 3.75. The van der Waals surface area contributed by atoms with Crippen LogP contribution >= 0.6 is 0 Å². The third kappa shape index (κ3) is 2.20. The molecular formula is C15H20N2O. The molecule has 0 aromatic carbocycles. The van der Waals surface area contributed by atoms with Crippen LogP contribution in [-0.2, 0) is 12.8 Å². The molecule has 1 N–H and O–H groups in total. The van der Waals surface area contributed by atoms with Crippen LogP contribution in [0, 0.1) is 22.7 Å². The molecule has 18 heavy (non-hydrogen) atoms. The number of aromatic nitrogens is 1. The van der Waals surface area contributed by atoms with E-state index in [-0.39, 0.29) is 11.1 Å². The van der Waals surface area contributed by atoms with Crippen LogP contribution in [0.4, 0.5) is 0 Å². The number of H-pyrrole nitrogens is 1. The number of nitrogens with one attached hydrogen (secondary N) is 1. The third-order valence-corrected chi connectivity index (χ3v) is 4.56. The lowest BCUT2D eigenvalue weighted by Crippen LogP contribution is -2.30. The Morgan fingerprint density at radius 1 is 1.56 bits per heavy atom. The molecule has 0 radical (unpaired) electrons. The maximum Gasteiger partial charge on any atom is 0.266 e. The second-order valence-corrected chi connectivity index (χ2v) is 5.91. The number of nitrogens with zero attached hydrogens (tertiary/aromatic N) is 1. The van der Waals surface area contributed by atoms with Gasteiger partial charge in [-0.3, -0.25) is 4.79 Å². The fourth-order valence-electron chi connectivity index (χ4n) is 2.74. The minimum absolute atomic E-state index is 0.240. The summed E-state index contributed by atoms with van der Waals surface area (Å²) in [5.74, 6) is 0.632. The lowest BCUT2D eigenvalue weighted by Gasteiger charge is -2.37. The first-order valence-electron chi connectivity index (χ1n) is 6.63. The maximum absolute atomic E-state index is 11.6. The number of hydrogen-bond acceptors (Lipinski definition) is 2. The van der Waals surface area contributed by atoms with E-state index < -0.39 is 0 Å². The van der Waals surface area contributed by atoms with Crippen LogP contribution in [0.2, 0.25) is 0 Å². The van der Waals surface area contributed by atoms with E-state index in [2.05, 4.69) is 25.8 Å². The first-order valence-corrected chi connectivity index (χ1v) is 6.63. The van der Waals surface area contributed by atoms with Gasteiger partial charge in [0.15, 0.2) is 0 Å². The molecular weight excluding hydrogens is 224 g/mol. The molecule has 3 nitrogen and oxygen atoms in total. The van der Waals surface area contributed by atoms with Gasteiger partial charge in [-0.1, -0.05) is 27.2 Å². The van der Waals surface area contributed by atoms with E-state index in [1.165, 1.54) is 0 Å². The number of fused-ring (bicyclic) bond motifs is 1. The minimum Gasteiger partial charge on any atom is -0.325 e. The van der Waals surface area contributed by atoms with Crippen LogP contribution in [0.3, 0.4) is 0 Å². The molecule has 96 valence electrons. The Hall–Kier alpha value is -1.56. The summed E-state index contributed by atoms with van der Waals surface area (Å²) < 4.78 is 0. The number of rotatable bonds is 2. The van der Waals surface area contributed by atoms with Gasteiger partial charge in [-0.2, -0.15) is 5.26 Å². The summed E-state index contributed by atoms with van der Waals surface area (Å²) in [6.07, 6.45) is 4.17. The van der Waals surface area contributed by atoms with E-state index in [1.807, 2.05) is 6.07 Å². The van der Waals surface area contributed by atoms with Gasteiger partial charge >= 0.3 is 0 Å². The van der Waals surface area contributed by atoms with Crippen molar-refractivity contribution in [3.05, 3.63) is 33.2 Å². The Balaban J connectivity index is 2.35. The van der Waals surface area contributed by atoms with E-state index >= 15 is 0 Å². The van der Waals surface area contributed by atoms with Crippen molar-refractivity contribution in [3.8, 4) is 6.07 Å². The van der Waals surface area contributed by atoms with Gasteiger partial charge in [0.05, 0.1) is 0 Å². The normalized spacial score (nSPS) is 19.1. The highest BCUT2D eigenvalue weighted by molar-refractivity contribution is 5.34. The van der Waals surface area contributed by atoms with Gasteiger partial charge in [0.2, 0.25) is 0 Å². The van der Waals surface area contributed by atoms with Gasteiger partial charge in [-0.05, 0) is 42.2 Å². The first-order chi connectivity index (χ1) is 8.47. The Morgan fingerprint density at radius 2 is 2.28 bits per heavy atom. The zero-order chi connectivity index (χ0) is 13.3. The fourth-order valence-corrected chi connectivity index (χ4v) is 2.74. The molecule has 0 bridgehead atoms. The molecule has 1 aromatic heterocycles. The molecule has 0 amide bonds. The summed E-state index contributed by atoms with van der Waals surface area (Å²) in [6.45, 7) is 6.84. The monoisotopic (exact) mass is 244 g/mol. The predicted molar refractivity (Wildman–Crippen MR) is 71.4 cm³/mol. The summed E-state index contributed by atoms with van der Waals surface area (Å²) in [4.78, 5) is 14.4. The molecule has 0 saturated heterocycles. The summed E-state index contributed by atoms with van der Waals surface area (Å²) in [5, 5.41) is 8.92. The van der Waals surface area contributed by atoms with Crippen molar-refractivity contribution in [1.82, 2.24) is 4.98 Å². The van der Waals surface area contributed by atoms with Crippen molar-refractivity contribution in [2.24, 2.45) is 11.3 Å². The number of hydrogen-bond donors (Lipinski definition) is 1. The minimum atomic E-state index is -0.246. The molecule has 1 aliphatic rings. The van der Waals surface area contributed by atoms with Gasteiger partial charge in [-0.15, -0.1) is 0 Å². The van der Waals surface area contributed by atoms with E-state index in [0.29, 0.717) is 11.3 Å². The van der Waals surface area contributed by atoms with Crippen molar-refractivity contribution in [2.75, 3.05) is 0 Å². The quantitative estimate of drug-likeness (QED) is 0.869. The van der Waals surface area contributed by atoms with Gasteiger partial charge in [0.1, 0.15) is 11.6 Å². The van der Waals surface area contributed by atoms with Crippen LogP contribution in [0.1, 0.15) is 50.4 Å². The average molecular weight is 244 g/mol. The van der Waals surface area contributed by atoms with Crippen LogP contribution in [0.25, 0.3) is 0 Å². The maximum atomic E-state index is 11.6. The van der Waals surface area contributed by atoms with E-state index in [0.717, 1.165) is 36.9 Å². The van der Waals surface area contributed by atoms with Gasteiger partial charge in [-0.25, -0.2) is 0 Å². The summed E-state index contributed by atoms with van der Waals surface area (Å²) in [5.41, 5.74) is 2.50. The Kier molecular flexibility index (Phi) is 3.30. The van der Waals surface area contributed by atoms with Gasteiger partial charge in [0, 0.05) is 5.69 Å². The zero-order valence-corrected chi connectivity index (χ0v) is 11.3. The predicted octanol–water partition coefficient (Wildman–Crippen LogP) is 2.79. The van der Waals surface area contributed by atoms with E-state index in [9.17, 15) is 4.79 Å². The molecule has 1 atom stereocenters. The summed E-state index contributed by atoms with van der Waals surface area (Å²) in [7, 11) is 0. The number of aryl methyl sites for hydroxylation is 1. The Morgan fingerprint density at radius 3 is 2.89 bits per heavy atom. The Labute approximate surface area is 108 Å². The van der Waals surface area contributed by atoms with Crippen LogP contribution in [0.5, 0.6) is 0 Å². The molecule has 1 aromatic rings. The molecule has 1 aliphatic carbocycles. The highest BCUT2D eigenvalue weighted by Gasteiger charge is 2.31. The molecule has 1 unspecified atom stereocenters. The van der Waals surface area contributed by atoms with E-state index in [1.54, 1.807) is 6.07 Å². The second kappa shape index (κ2) is 4.61. The number of pyridine rings is 1. The van der Waals surface area contributed by atoms with E-state index in [4.69, 9.17) is 5.26 Å². The van der Waals surface area contributed by atoms with Crippen molar-refractivity contribution >= 4 is 0 Å². The van der Waals surface area contributed by atoms with Crippen molar-refractivity contribution in [2.45, 2.75) is 46.5 Å². The Bertz CT molecular complexity index is 549. The zero-order valence-electron chi connectivity index (χ0n) is 11.3. The van der Waals surface area contributed by atoms with Crippen LogP contribution in [-0.4, -0.2) is 4.98 Å². The van der Waals surface area contributed by atoms with Crippen LogP contribution in [0.15, 0.2) is 10.9 Å². The number of aromatic amines is 1. The van der Waals surface area contributed by atoms with Crippen molar-refractivity contribution < 1.29 is 0 Å². The second-order valence-electron chi connectivity index (χ2n) is 5.91. The molecule has 3 heteroatoms. The van der Waals surface area contributed by atoms with Gasteiger partial charge in [0.25, 0.3) is 5.56 Å². The molecule has 1 heterocycles. The largest absolute Gasteiger partial charge is 0.325 e. The lowest BCUT2D eigenvalue weighted by atomic mass is 9.69.